The summed E-state index contributed by atoms with van der Waals surface area (Å²) < 4.78 is 54.9. The van der Waals surface area contributed by atoms with E-state index in [1.54, 1.807) is 30.3 Å². The van der Waals surface area contributed by atoms with Crippen molar-refractivity contribution in [2.45, 2.75) is 30.9 Å². The van der Waals surface area contributed by atoms with Crippen molar-refractivity contribution < 1.29 is 26.7 Å². The van der Waals surface area contributed by atoms with Gasteiger partial charge in [0.1, 0.15) is 6.61 Å². The number of benzene rings is 2. The van der Waals surface area contributed by atoms with Gasteiger partial charge in [0.2, 0.25) is 10.0 Å². The zero-order valence-electron chi connectivity index (χ0n) is 14.6. The second kappa shape index (κ2) is 8.03. The third-order valence-corrected chi connectivity index (χ3v) is 5.03. The number of sulfonamides is 1. The molecule has 7 nitrogen and oxygen atoms in total. The van der Waals surface area contributed by atoms with Gasteiger partial charge in [-0.1, -0.05) is 24.3 Å². The average molecular weight is 409 g/mol. The van der Waals surface area contributed by atoms with Crippen LogP contribution in [-0.2, 0) is 32.6 Å². The minimum atomic E-state index is -3.77. The Morgan fingerprint density at radius 1 is 1.14 bits per heavy atom. The third kappa shape index (κ3) is 4.52. The molecule has 0 saturated heterocycles. The highest BCUT2D eigenvalue weighted by atomic mass is 32.2. The van der Waals surface area contributed by atoms with Crippen molar-refractivity contribution in [2.24, 2.45) is 5.14 Å². The number of esters is 1. The smallest absolute Gasteiger partial charge is 0.320 e. The van der Waals surface area contributed by atoms with E-state index >= 15 is 0 Å². The summed E-state index contributed by atoms with van der Waals surface area (Å²) in [6.07, 6.45) is 0.304. The fraction of sp³-hybridized carbons (Fsp3) is 0.222. The van der Waals surface area contributed by atoms with Gasteiger partial charge in [0.15, 0.2) is 5.82 Å². The lowest BCUT2D eigenvalue weighted by molar-refractivity contribution is -0.145. The molecule has 0 bridgehead atoms. The second-order valence-corrected chi connectivity index (χ2v) is 7.58. The number of alkyl halides is 2. The highest BCUT2D eigenvalue weighted by Gasteiger charge is 2.18. The van der Waals surface area contributed by atoms with Crippen LogP contribution in [0.4, 0.5) is 8.78 Å². The quantitative estimate of drug-likeness (QED) is 0.604. The largest absolute Gasteiger partial charge is 0.457 e. The molecule has 0 amide bonds. The van der Waals surface area contributed by atoms with E-state index in [0.717, 1.165) is 4.57 Å². The van der Waals surface area contributed by atoms with E-state index < -0.39 is 22.5 Å². The third-order valence-electron chi connectivity index (χ3n) is 4.10. The number of halogens is 2. The Hall–Kier alpha value is -2.85. The molecule has 0 saturated carbocycles. The molecule has 0 aliphatic carbocycles. The van der Waals surface area contributed by atoms with Crippen LogP contribution < -0.4 is 5.14 Å². The molecule has 2 aromatic carbocycles. The summed E-state index contributed by atoms with van der Waals surface area (Å²) >= 11 is 0. The number of para-hydroxylation sites is 2. The SMILES string of the molecule is NS(=O)(=O)c1ccc(CCC(=O)OCc2nc3ccccc3n2C(F)F)cc1. The molecule has 1 heterocycles. The Bertz CT molecular complexity index is 1100. The van der Waals surface area contributed by atoms with Crippen LogP contribution in [0.25, 0.3) is 11.0 Å². The molecule has 2 N–H and O–H groups in total. The molecule has 0 aliphatic heterocycles. The number of imidazole rings is 1. The average Bonchev–Trinajstić information content (AvgIpc) is 3.03. The zero-order chi connectivity index (χ0) is 20.3. The van der Waals surface area contributed by atoms with Gasteiger partial charge in [0, 0.05) is 6.42 Å². The molecule has 0 unspecified atom stereocenters. The summed E-state index contributed by atoms with van der Waals surface area (Å²) in [5.74, 6) is -0.620. The van der Waals surface area contributed by atoms with Crippen LogP contribution in [0.2, 0.25) is 0 Å². The van der Waals surface area contributed by atoms with E-state index in [2.05, 4.69) is 4.98 Å². The van der Waals surface area contributed by atoms with Crippen molar-refractivity contribution in [3.05, 3.63) is 59.9 Å². The van der Waals surface area contributed by atoms with Crippen LogP contribution in [0.3, 0.4) is 0 Å². The lowest BCUT2D eigenvalue weighted by Gasteiger charge is -2.08. The van der Waals surface area contributed by atoms with E-state index in [0.29, 0.717) is 17.5 Å². The first-order valence-electron chi connectivity index (χ1n) is 8.27. The standard InChI is InChI=1S/C18H17F2N3O4S/c19-18(20)23-15-4-2-1-3-14(15)22-16(23)11-27-17(24)10-7-12-5-8-13(9-6-12)28(21,25)26/h1-6,8-9,18H,7,10-11H2,(H2,21,25,26). The first kappa shape index (κ1) is 19.9. The van der Waals surface area contributed by atoms with Crippen LogP contribution in [0.1, 0.15) is 24.4 Å². The summed E-state index contributed by atoms with van der Waals surface area (Å²) in [6.45, 7) is -3.18. The van der Waals surface area contributed by atoms with Gasteiger partial charge in [-0.25, -0.2) is 18.5 Å². The van der Waals surface area contributed by atoms with Crippen LogP contribution in [0.15, 0.2) is 53.4 Å². The number of carbonyl (C=O) groups is 1. The van der Waals surface area contributed by atoms with Crippen molar-refractivity contribution in [3.63, 3.8) is 0 Å². The first-order valence-corrected chi connectivity index (χ1v) is 9.81. The van der Waals surface area contributed by atoms with Crippen LogP contribution in [0, 0.1) is 0 Å². The van der Waals surface area contributed by atoms with E-state index in [1.165, 1.54) is 18.2 Å². The van der Waals surface area contributed by atoms with Crippen molar-refractivity contribution >= 4 is 27.0 Å². The normalized spacial score (nSPS) is 11.9. The lowest BCUT2D eigenvalue weighted by atomic mass is 10.1. The maximum absolute atomic E-state index is 13.3. The van der Waals surface area contributed by atoms with Crippen LogP contribution in [-0.4, -0.2) is 23.9 Å². The number of hydrogen-bond donors (Lipinski definition) is 1. The van der Waals surface area contributed by atoms with E-state index in [9.17, 15) is 22.0 Å². The Kier molecular flexibility index (Phi) is 5.71. The molecule has 1 aromatic heterocycles. The van der Waals surface area contributed by atoms with Gasteiger partial charge in [-0.05, 0) is 36.2 Å². The summed E-state index contributed by atoms with van der Waals surface area (Å²) in [7, 11) is -3.77. The number of aryl methyl sites for hydroxylation is 1. The fourth-order valence-corrected chi connectivity index (χ4v) is 3.24. The molecular formula is C18H17F2N3O4S. The number of ether oxygens (including phenoxy) is 1. The number of aromatic nitrogens is 2. The number of primary sulfonamides is 1. The summed E-state index contributed by atoms with van der Waals surface area (Å²) in [6, 6.07) is 12.2. The van der Waals surface area contributed by atoms with Gasteiger partial charge in [-0.15, -0.1) is 0 Å². The lowest BCUT2D eigenvalue weighted by Crippen LogP contribution is -2.12. The molecular weight excluding hydrogens is 392 g/mol. The minimum Gasteiger partial charge on any atom is -0.457 e. The number of nitrogens with two attached hydrogens (primary N) is 1. The van der Waals surface area contributed by atoms with Gasteiger partial charge in [-0.2, -0.15) is 8.78 Å². The Balaban J connectivity index is 1.60. The predicted molar refractivity (Wildman–Crippen MR) is 96.9 cm³/mol. The second-order valence-electron chi connectivity index (χ2n) is 6.01. The van der Waals surface area contributed by atoms with Gasteiger partial charge in [0.25, 0.3) is 0 Å². The van der Waals surface area contributed by atoms with E-state index in [4.69, 9.17) is 9.88 Å². The molecule has 0 radical (unpaired) electrons. The molecule has 3 aromatic rings. The predicted octanol–water partition coefficient (Wildman–Crippen LogP) is 2.75. The molecule has 28 heavy (non-hydrogen) atoms. The molecule has 0 spiro atoms. The maximum atomic E-state index is 13.3. The van der Waals surface area contributed by atoms with Crippen LogP contribution in [0.5, 0.6) is 0 Å². The Morgan fingerprint density at radius 3 is 2.46 bits per heavy atom. The monoisotopic (exact) mass is 409 g/mol. The summed E-state index contributed by atoms with van der Waals surface area (Å²) in [4.78, 5) is 16.0. The van der Waals surface area contributed by atoms with Crippen molar-refractivity contribution in [1.29, 1.82) is 0 Å². The highest BCUT2D eigenvalue weighted by molar-refractivity contribution is 7.89. The first-order chi connectivity index (χ1) is 13.3. The Labute approximate surface area is 159 Å². The summed E-state index contributed by atoms with van der Waals surface area (Å²) in [5.41, 5.74) is 1.37. The fourth-order valence-electron chi connectivity index (χ4n) is 2.72. The number of carbonyl (C=O) groups excluding carboxylic acids is 1. The van der Waals surface area contributed by atoms with Crippen molar-refractivity contribution in [3.8, 4) is 0 Å². The zero-order valence-corrected chi connectivity index (χ0v) is 15.4. The van der Waals surface area contributed by atoms with Gasteiger partial charge < -0.3 is 4.74 Å². The highest BCUT2D eigenvalue weighted by Crippen LogP contribution is 2.23. The molecule has 0 fully saturated rings. The summed E-state index contributed by atoms with van der Waals surface area (Å²) in [5, 5.41) is 5.02. The number of hydrogen-bond acceptors (Lipinski definition) is 5. The maximum Gasteiger partial charge on any atom is 0.320 e. The molecule has 10 heteroatoms. The Morgan fingerprint density at radius 2 is 1.82 bits per heavy atom. The van der Waals surface area contributed by atoms with Crippen molar-refractivity contribution in [2.75, 3.05) is 0 Å². The van der Waals surface area contributed by atoms with Crippen molar-refractivity contribution in [1.82, 2.24) is 9.55 Å². The molecule has 148 valence electrons. The van der Waals surface area contributed by atoms with E-state index in [-0.39, 0.29) is 29.3 Å². The van der Waals surface area contributed by atoms with Gasteiger partial charge >= 0.3 is 12.5 Å². The van der Waals surface area contributed by atoms with E-state index in [1.807, 2.05) is 0 Å². The number of nitrogens with zero attached hydrogens (tertiary/aromatic N) is 2. The molecule has 0 aliphatic rings. The van der Waals surface area contributed by atoms with Crippen LogP contribution >= 0.6 is 0 Å². The van der Waals surface area contributed by atoms with Gasteiger partial charge in [0.05, 0.1) is 15.9 Å². The van der Waals surface area contributed by atoms with Gasteiger partial charge in [-0.3, -0.25) is 9.36 Å². The topological polar surface area (TPSA) is 104 Å². The number of fused-ring (bicyclic) bond motifs is 1. The molecule has 0 atom stereocenters. The molecule has 3 rings (SSSR count). The number of rotatable bonds is 7. The minimum absolute atomic E-state index is 0.00360.